The fourth-order valence-electron chi connectivity index (χ4n) is 5.94. The molecule has 0 bridgehead atoms. The highest BCUT2D eigenvalue weighted by molar-refractivity contribution is 7.27. The molecule has 282 valence electrons. The molecule has 1 aromatic carbocycles. The fraction of sp³-hybridized carbons (Fsp3) is 0.462. The lowest BCUT2D eigenvalue weighted by atomic mass is 10.0. The van der Waals surface area contributed by atoms with Crippen LogP contribution >= 0.6 is 22.7 Å². The first kappa shape index (κ1) is 39.5. The number of nitrogens with one attached hydrogen (secondary N) is 3. The van der Waals surface area contributed by atoms with Gasteiger partial charge in [0.1, 0.15) is 23.4 Å². The summed E-state index contributed by atoms with van der Waals surface area (Å²) in [4.78, 5) is 56.3. The zero-order valence-electron chi connectivity index (χ0n) is 31.7. The van der Waals surface area contributed by atoms with Crippen molar-refractivity contribution < 1.29 is 23.9 Å². The smallest absolute Gasteiger partial charge is 0.407 e. The van der Waals surface area contributed by atoms with Crippen molar-refractivity contribution in [2.45, 2.75) is 85.0 Å². The molecular weight excluding hydrogens is 711 g/mol. The van der Waals surface area contributed by atoms with Crippen molar-refractivity contribution in [2.24, 2.45) is 5.92 Å². The number of thiophene rings is 2. The number of rotatable bonds is 10. The van der Waals surface area contributed by atoms with Gasteiger partial charge in [0, 0.05) is 36.5 Å². The molecule has 1 aliphatic rings. The Balaban J connectivity index is 0.000000833. The standard InChI is InChI=1S/C34H37N7O4S2.C5H12O/c1-5-12-40(19-42)16-28-35-15-23(36-28)10-8-22-17-46-31-24(18-47-30(22)31)21-9-11-25-26(14-21)38-32(37-25)27-7-6-13-41(27)33(43)29(20(2)3)39-34(44)45-4;1-5(2,3)6-4/h9,11,14-15,17-20,27,29H,5-7,12-13,16H2,1-4H3,(H,35,36)(H,37,38)(H,39,44);1-4H3. The SMILES string of the molecule is CCCN(C=O)Cc1ncc(C#Cc2csc3c(-c4ccc5nc(C6CCCN6C(=O)C(NC(=O)OC)C(C)C)[nH]c5c4)csc23)[nH]1.COC(C)(C)C. The second-order valence-corrected chi connectivity index (χ2v) is 16.0. The van der Waals surface area contributed by atoms with Gasteiger partial charge >= 0.3 is 6.09 Å². The molecule has 1 saturated heterocycles. The Kier molecular flexibility index (Phi) is 13.0. The molecule has 0 saturated carbocycles. The maximum atomic E-state index is 13.6. The minimum atomic E-state index is -0.678. The average molecular weight is 760 g/mol. The van der Waals surface area contributed by atoms with Crippen molar-refractivity contribution in [2.75, 3.05) is 27.3 Å². The highest BCUT2D eigenvalue weighted by Gasteiger charge is 2.37. The van der Waals surface area contributed by atoms with Crippen molar-refractivity contribution in [3.05, 3.63) is 58.1 Å². The quantitative estimate of drug-likeness (QED) is 0.0990. The lowest BCUT2D eigenvalue weighted by Gasteiger charge is -2.29. The summed E-state index contributed by atoms with van der Waals surface area (Å²) >= 11 is 3.34. The van der Waals surface area contributed by atoms with Crippen molar-refractivity contribution in [3.8, 4) is 23.0 Å². The van der Waals surface area contributed by atoms with Gasteiger partial charge < -0.3 is 34.6 Å². The number of aromatic nitrogens is 4. The Morgan fingerprint density at radius 3 is 2.58 bits per heavy atom. The molecule has 14 heteroatoms. The van der Waals surface area contributed by atoms with Crippen LogP contribution in [0.1, 0.15) is 89.8 Å². The van der Waals surface area contributed by atoms with Crippen LogP contribution < -0.4 is 5.32 Å². The van der Waals surface area contributed by atoms with Gasteiger partial charge in [0.25, 0.3) is 0 Å². The molecule has 12 nitrogen and oxygen atoms in total. The molecule has 2 atom stereocenters. The second kappa shape index (κ2) is 17.4. The van der Waals surface area contributed by atoms with E-state index in [1.54, 1.807) is 40.9 Å². The first-order valence-electron chi connectivity index (χ1n) is 17.8. The molecule has 6 rings (SSSR count). The number of carbonyl (C=O) groups is 3. The van der Waals surface area contributed by atoms with E-state index in [2.05, 4.69) is 55.0 Å². The molecule has 5 heterocycles. The number of ether oxygens (including phenoxy) is 2. The van der Waals surface area contributed by atoms with E-state index in [-0.39, 0.29) is 23.5 Å². The van der Waals surface area contributed by atoms with E-state index in [1.165, 1.54) is 11.8 Å². The largest absolute Gasteiger partial charge is 0.453 e. The zero-order valence-corrected chi connectivity index (χ0v) is 33.3. The van der Waals surface area contributed by atoms with Crippen LogP contribution in [-0.2, 0) is 25.6 Å². The third-order valence-electron chi connectivity index (χ3n) is 8.92. The van der Waals surface area contributed by atoms with Crippen molar-refractivity contribution in [3.63, 3.8) is 0 Å². The average Bonchev–Trinajstić information content (AvgIpc) is 3.97. The molecular formula is C39H49N7O5S2. The van der Waals surface area contributed by atoms with Crippen LogP contribution in [0.5, 0.6) is 0 Å². The lowest BCUT2D eigenvalue weighted by Crippen LogP contribution is -2.51. The Hall–Kier alpha value is -4.71. The van der Waals surface area contributed by atoms with Gasteiger partial charge in [-0.1, -0.05) is 32.8 Å². The molecule has 3 amide bonds. The summed E-state index contributed by atoms with van der Waals surface area (Å²) in [5.74, 6) is 7.73. The highest BCUT2D eigenvalue weighted by atomic mass is 32.1. The zero-order chi connectivity index (χ0) is 38.3. The number of carbonyl (C=O) groups excluding carboxylic acids is 3. The number of nitrogens with zero attached hydrogens (tertiary/aromatic N) is 4. The van der Waals surface area contributed by atoms with Gasteiger partial charge in [-0.3, -0.25) is 9.59 Å². The van der Waals surface area contributed by atoms with Gasteiger partial charge in [0.05, 0.1) is 57.5 Å². The Morgan fingerprint density at radius 2 is 1.91 bits per heavy atom. The number of hydrogen-bond acceptors (Lipinski definition) is 9. The third-order valence-corrected chi connectivity index (χ3v) is 11.1. The van der Waals surface area contributed by atoms with Gasteiger partial charge in [0.15, 0.2) is 0 Å². The highest BCUT2D eigenvalue weighted by Crippen LogP contribution is 2.41. The Labute approximate surface area is 318 Å². The normalized spacial score (nSPS) is 14.8. The molecule has 0 spiro atoms. The Bertz CT molecular complexity index is 2090. The van der Waals surface area contributed by atoms with E-state index in [0.717, 1.165) is 63.9 Å². The van der Waals surface area contributed by atoms with Crippen LogP contribution in [0.2, 0.25) is 0 Å². The minimum Gasteiger partial charge on any atom is -0.453 e. The van der Waals surface area contributed by atoms with Gasteiger partial charge in [0.2, 0.25) is 12.3 Å². The second-order valence-electron chi connectivity index (χ2n) is 14.2. The number of methoxy groups -OCH3 is 2. The summed E-state index contributed by atoms with van der Waals surface area (Å²) in [7, 11) is 3.00. The van der Waals surface area contributed by atoms with E-state index >= 15 is 0 Å². The van der Waals surface area contributed by atoms with E-state index in [1.807, 2.05) is 52.5 Å². The van der Waals surface area contributed by atoms with E-state index in [4.69, 9.17) is 14.5 Å². The van der Waals surface area contributed by atoms with E-state index in [0.29, 0.717) is 31.2 Å². The molecule has 3 N–H and O–H groups in total. The first-order valence-corrected chi connectivity index (χ1v) is 19.6. The van der Waals surface area contributed by atoms with Crippen molar-refractivity contribution in [1.29, 1.82) is 0 Å². The molecule has 2 unspecified atom stereocenters. The molecule has 1 fully saturated rings. The molecule has 5 aromatic rings. The monoisotopic (exact) mass is 759 g/mol. The van der Waals surface area contributed by atoms with Gasteiger partial charge in [-0.15, -0.1) is 22.7 Å². The molecule has 0 aliphatic carbocycles. The minimum absolute atomic E-state index is 0.0417. The lowest BCUT2D eigenvalue weighted by molar-refractivity contribution is -0.135. The van der Waals surface area contributed by atoms with E-state index in [9.17, 15) is 14.4 Å². The van der Waals surface area contributed by atoms with Gasteiger partial charge in [-0.05, 0) is 69.6 Å². The summed E-state index contributed by atoms with van der Waals surface area (Å²) in [6, 6.07) is 5.34. The molecule has 53 heavy (non-hydrogen) atoms. The molecule has 4 aromatic heterocycles. The van der Waals surface area contributed by atoms with Crippen LogP contribution in [-0.4, -0.2) is 87.1 Å². The number of aromatic amines is 2. The number of hydrogen-bond donors (Lipinski definition) is 3. The molecule has 1 aliphatic heterocycles. The topological polar surface area (TPSA) is 146 Å². The van der Waals surface area contributed by atoms with Crippen LogP contribution in [0, 0.1) is 17.8 Å². The number of likely N-dealkylation sites (tertiary alicyclic amines) is 1. The van der Waals surface area contributed by atoms with Crippen molar-refractivity contribution in [1.82, 2.24) is 35.1 Å². The van der Waals surface area contributed by atoms with Crippen LogP contribution in [0.4, 0.5) is 4.79 Å². The maximum absolute atomic E-state index is 13.6. The number of amides is 3. The van der Waals surface area contributed by atoms with Crippen LogP contribution in [0.3, 0.4) is 0 Å². The Morgan fingerprint density at radius 1 is 1.15 bits per heavy atom. The predicted molar refractivity (Wildman–Crippen MR) is 211 cm³/mol. The fourth-order valence-corrected chi connectivity index (χ4v) is 8.26. The van der Waals surface area contributed by atoms with Gasteiger partial charge in [-0.25, -0.2) is 14.8 Å². The van der Waals surface area contributed by atoms with Crippen LogP contribution in [0.25, 0.3) is 31.6 Å². The van der Waals surface area contributed by atoms with E-state index < -0.39 is 12.1 Å². The number of benzene rings is 1. The first-order chi connectivity index (χ1) is 25.3. The number of imidazole rings is 2. The summed E-state index contributed by atoms with van der Waals surface area (Å²) < 4.78 is 12.0. The number of H-pyrrole nitrogens is 2. The van der Waals surface area contributed by atoms with Crippen LogP contribution in [0.15, 0.2) is 35.2 Å². The summed E-state index contributed by atoms with van der Waals surface area (Å²) in [6.45, 7) is 13.6. The maximum Gasteiger partial charge on any atom is 0.407 e. The summed E-state index contributed by atoms with van der Waals surface area (Å²) in [5.41, 5.74) is 5.68. The summed E-state index contributed by atoms with van der Waals surface area (Å²) in [6.07, 6.45) is 4.48. The summed E-state index contributed by atoms with van der Waals surface area (Å²) in [5, 5.41) is 6.95. The van der Waals surface area contributed by atoms with Gasteiger partial charge in [-0.2, -0.15) is 0 Å². The third kappa shape index (κ3) is 9.64. The molecule has 0 radical (unpaired) electrons. The number of alkyl carbamates (subject to hydrolysis) is 1. The predicted octanol–water partition coefficient (Wildman–Crippen LogP) is 7.47. The van der Waals surface area contributed by atoms with Crippen molar-refractivity contribution >= 4 is 61.5 Å². The number of fused-ring (bicyclic) bond motifs is 2.